The number of ether oxygens (including phenoxy) is 2. The Hall–Kier alpha value is -4.14. The van der Waals surface area contributed by atoms with Gasteiger partial charge in [-0.3, -0.25) is 14.5 Å². The maximum atomic E-state index is 13.5. The van der Waals surface area contributed by atoms with E-state index in [-0.39, 0.29) is 17.0 Å². The summed E-state index contributed by atoms with van der Waals surface area (Å²) in [6.07, 6.45) is 2.99. The van der Waals surface area contributed by atoms with E-state index in [1.165, 1.54) is 30.2 Å². The highest BCUT2D eigenvalue weighted by Crippen LogP contribution is 2.44. The molecule has 0 saturated carbocycles. The second-order valence-electron chi connectivity index (χ2n) is 8.44. The summed E-state index contributed by atoms with van der Waals surface area (Å²) in [5.41, 5.74) is 0.515. The van der Waals surface area contributed by atoms with Crippen molar-refractivity contribution in [3.8, 4) is 11.5 Å². The number of aryl methyl sites for hydroxylation is 1. The molecule has 0 bridgehead atoms. The van der Waals surface area contributed by atoms with Crippen molar-refractivity contribution in [1.82, 2.24) is 5.16 Å². The van der Waals surface area contributed by atoms with E-state index in [1.54, 1.807) is 25.1 Å². The first-order chi connectivity index (χ1) is 17.3. The number of unbranched alkanes of at least 4 members (excludes halogenated alkanes) is 2. The molecule has 1 aromatic heterocycles. The molecule has 0 unspecified atom stereocenters. The van der Waals surface area contributed by atoms with Crippen LogP contribution in [0.3, 0.4) is 0 Å². The fourth-order valence-electron chi connectivity index (χ4n) is 4.12. The Bertz CT molecular complexity index is 1300. The number of aliphatic hydroxyl groups is 1. The van der Waals surface area contributed by atoms with Gasteiger partial charge >= 0.3 is 5.91 Å². The third-order valence-corrected chi connectivity index (χ3v) is 5.93. The molecule has 0 radical (unpaired) electrons. The molecule has 188 valence electrons. The molecule has 8 nitrogen and oxygen atoms in total. The number of carbonyl (C=O) groups excluding carboxylic acids is 2. The SMILES string of the molecule is CCCCCOc1ccc([C@@H]2C(=C(O)c3ccc(F)cc3)C(=O)C(=O)N2c2cc(C)on2)cc1OC. The van der Waals surface area contributed by atoms with Crippen molar-refractivity contribution in [2.24, 2.45) is 0 Å². The first-order valence-corrected chi connectivity index (χ1v) is 11.7. The molecule has 36 heavy (non-hydrogen) atoms. The van der Waals surface area contributed by atoms with E-state index >= 15 is 0 Å². The molecule has 3 aromatic rings. The molecule has 1 aliphatic heterocycles. The maximum absolute atomic E-state index is 13.5. The van der Waals surface area contributed by atoms with Gasteiger partial charge in [0.15, 0.2) is 17.3 Å². The zero-order valence-electron chi connectivity index (χ0n) is 20.3. The Labute approximate surface area is 207 Å². The summed E-state index contributed by atoms with van der Waals surface area (Å²) >= 11 is 0. The number of nitrogens with zero attached hydrogens (tertiary/aromatic N) is 2. The maximum Gasteiger partial charge on any atom is 0.301 e. The molecule has 0 aliphatic carbocycles. The van der Waals surface area contributed by atoms with Gasteiger partial charge in [-0.2, -0.15) is 0 Å². The molecule has 2 aromatic carbocycles. The lowest BCUT2D eigenvalue weighted by Crippen LogP contribution is -2.29. The van der Waals surface area contributed by atoms with Crippen molar-refractivity contribution in [3.63, 3.8) is 0 Å². The van der Waals surface area contributed by atoms with E-state index in [9.17, 15) is 19.1 Å². The van der Waals surface area contributed by atoms with Crippen LogP contribution in [0.15, 0.2) is 58.6 Å². The average molecular weight is 495 g/mol. The lowest BCUT2D eigenvalue weighted by Gasteiger charge is -2.23. The number of anilines is 1. The summed E-state index contributed by atoms with van der Waals surface area (Å²) in [4.78, 5) is 27.5. The molecule has 0 spiro atoms. The minimum absolute atomic E-state index is 0.122. The Morgan fingerprint density at radius 3 is 2.50 bits per heavy atom. The van der Waals surface area contributed by atoms with Crippen LogP contribution in [-0.4, -0.2) is 35.7 Å². The number of halogens is 1. The highest BCUT2D eigenvalue weighted by molar-refractivity contribution is 6.51. The van der Waals surface area contributed by atoms with Crippen LogP contribution in [0.4, 0.5) is 10.2 Å². The fourth-order valence-corrected chi connectivity index (χ4v) is 4.12. The van der Waals surface area contributed by atoms with Gasteiger partial charge in [0.2, 0.25) is 0 Å². The van der Waals surface area contributed by atoms with Gasteiger partial charge in [0.05, 0.1) is 25.3 Å². The highest BCUT2D eigenvalue weighted by atomic mass is 19.1. The molecule has 1 atom stereocenters. The van der Waals surface area contributed by atoms with E-state index in [4.69, 9.17) is 14.0 Å². The molecule has 9 heteroatoms. The van der Waals surface area contributed by atoms with Gasteiger partial charge in [-0.1, -0.05) is 31.0 Å². The molecule has 1 N–H and O–H groups in total. The van der Waals surface area contributed by atoms with Crippen molar-refractivity contribution in [2.45, 2.75) is 39.2 Å². The molecular formula is C27H27FN2O6. The van der Waals surface area contributed by atoms with Gasteiger partial charge in [0, 0.05) is 11.6 Å². The third kappa shape index (κ3) is 4.82. The first-order valence-electron chi connectivity index (χ1n) is 11.7. The predicted octanol–water partition coefficient (Wildman–Crippen LogP) is 5.33. The van der Waals surface area contributed by atoms with E-state index in [0.717, 1.165) is 31.4 Å². The smallest absolute Gasteiger partial charge is 0.301 e. The summed E-state index contributed by atoms with van der Waals surface area (Å²) in [7, 11) is 1.49. The van der Waals surface area contributed by atoms with Crippen LogP contribution in [0.5, 0.6) is 11.5 Å². The number of methoxy groups -OCH3 is 1. The van der Waals surface area contributed by atoms with Crippen LogP contribution in [0.1, 0.15) is 49.1 Å². The van der Waals surface area contributed by atoms with E-state index in [2.05, 4.69) is 12.1 Å². The Morgan fingerprint density at radius 1 is 1.11 bits per heavy atom. The average Bonchev–Trinajstić information content (AvgIpc) is 3.42. The number of rotatable bonds is 9. The number of Topliss-reactive ketones (excluding diaryl/α,β-unsaturated/α-hetero) is 1. The molecule has 2 heterocycles. The van der Waals surface area contributed by atoms with Gasteiger partial charge in [-0.05, 0) is 55.3 Å². The molecule has 4 rings (SSSR count). The fraction of sp³-hybridized carbons (Fsp3) is 0.296. The number of amides is 1. The Balaban J connectivity index is 1.83. The number of benzene rings is 2. The lowest BCUT2D eigenvalue weighted by atomic mass is 9.95. The second kappa shape index (κ2) is 10.6. The summed E-state index contributed by atoms with van der Waals surface area (Å²) in [6, 6.07) is 10.5. The van der Waals surface area contributed by atoms with Crippen LogP contribution in [-0.2, 0) is 9.59 Å². The third-order valence-electron chi connectivity index (χ3n) is 5.93. The zero-order chi connectivity index (χ0) is 25.8. The summed E-state index contributed by atoms with van der Waals surface area (Å²) in [5, 5.41) is 15.0. The standard InChI is InChI=1S/C27H27FN2O6/c1-4-5-6-13-35-20-12-9-18(15-21(20)34-3)24-23(25(31)17-7-10-19(28)11-8-17)26(32)27(33)30(24)22-14-16(2)36-29-22/h7-12,14-15,24,31H,4-6,13H2,1-3H3/t24-/m1/s1. The summed E-state index contributed by atoms with van der Waals surface area (Å²) in [6.45, 7) is 4.28. The van der Waals surface area contributed by atoms with Crippen molar-refractivity contribution in [3.05, 3.63) is 76.8 Å². The van der Waals surface area contributed by atoms with E-state index < -0.39 is 29.3 Å². The van der Waals surface area contributed by atoms with Crippen LogP contribution in [0.25, 0.3) is 5.76 Å². The van der Waals surface area contributed by atoms with Crippen molar-refractivity contribution >= 4 is 23.3 Å². The van der Waals surface area contributed by atoms with Gasteiger partial charge in [-0.25, -0.2) is 4.39 Å². The molecule has 1 saturated heterocycles. The van der Waals surface area contributed by atoms with Gasteiger partial charge in [0.1, 0.15) is 17.3 Å². The van der Waals surface area contributed by atoms with Crippen molar-refractivity contribution < 1.29 is 33.1 Å². The summed E-state index contributed by atoms with van der Waals surface area (Å²) in [5.74, 6) is -1.22. The number of ketones is 1. The molecular weight excluding hydrogens is 467 g/mol. The monoisotopic (exact) mass is 494 g/mol. The molecule has 1 aliphatic rings. The van der Waals surface area contributed by atoms with Crippen LogP contribution < -0.4 is 14.4 Å². The number of carbonyl (C=O) groups is 2. The predicted molar refractivity (Wildman–Crippen MR) is 130 cm³/mol. The number of aliphatic hydroxyl groups excluding tert-OH is 1. The topological polar surface area (TPSA) is 102 Å². The van der Waals surface area contributed by atoms with Crippen LogP contribution in [0.2, 0.25) is 0 Å². The van der Waals surface area contributed by atoms with Crippen LogP contribution >= 0.6 is 0 Å². The minimum atomic E-state index is -1.04. The summed E-state index contributed by atoms with van der Waals surface area (Å²) < 4.78 is 30.0. The minimum Gasteiger partial charge on any atom is -0.507 e. The number of aromatic nitrogens is 1. The highest BCUT2D eigenvalue weighted by Gasteiger charge is 2.48. The van der Waals surface area contributed by atoms with Crippen molar-refractivity contribution in [1.29, 1.82) is 0 Å². The second-order valence-corrected chi connectivity index (χ2v) is 8.44. The van der Waals surface area contributed by atoms with Crippen molar-refractivity contribution in [2.75, 3.05) is 18.6 Å². The largest absolute Gasteiger partial charge is 0.507 e. The number of hydrogen-bond donors (Lipinski definition) is 1. The lowest BCUT2D eigenvalue weighted by molar-refractivity contribution is -0.132. The Morgan fingerprint density at radius 2 is 1.86 bits per heavy atom. The van der Waals surface area contributed by atoms with Crippen LogP contribution in [0, 0.1) is 12.7 Å². The normalized spacial score (nSPS) is 17.0. The van der Waals surface area contributed by atoms with Gasteiger partial charge in [0.25, 0.3) is 5.78 Å². The Kier molecular flexibility index (Phi) is 7.38. The van der Waals surface area contributed by atoms with E-state index in [0.29, 0.717) is 29.4 Å². The van der Waals surface area contributed by atoms with E-state index in [1.807, 2.05) is 0 Å². The van der Waals surface area contributed by atoms with Gasteiger partial charge in [-0.15, -0.1) is 0 Å². The number of hydrogen-bond acceptors (Lipinski definition) is 7. The molecule has 1 fully saturated rings. The first kappa shape index (κ1) is 25.0. The van der Waals surface area contributed by atoms with Gasteiger partial charge < -0.3 is 19.1 Å². The molecule has 1 amide bonds. The zero-order valence-corrected chi connectivity index (χ0v) is 20.3. The quantitative estimate of drug-likeness (QED) is 0.186.